The van der Waals surface area contributed by atoms with Gasteiger partial charge < -0.3 is 14.2 Å². The number of carbonyl (C=O) groups is 3. The van der Waals surface area contributed by atoms with Gasteiger partial charge in [0.05, 0.1) is 0 Å². The van der Waals surface area contributed by atoms with E-state index in [0.29, 0.717) is 19.3 Å². The zero-order chi connectivity index (χ0) is 53.6. The second-order valence-corrected chi connectivity index (χ2v) is 19.5. The molecule has 0 amide bonds. The Bertz CT molecular complexity index is 1600. The lowest BCUT2D eigenvalue weighted by molar-refractivity contribution is -0.167. The number of unbranched alkanes of at least 4 members (excludes halogenated alkanes) is 20. The van der Waals surface area contributed by atoms with E-state index in [4.69, 9.17) is 14.2 Å². The van der Waals surface area contributed by atoms with Gasteiger partial charge >= 0.3 is 17.9 Å². The van der Waals surface area contributed by atoms with Crippen molar-refractivity contribution in [3.8, 4) is 0 Å². The van der Waals surface area contributed by atoms with Crippen LogP contribution in [0.3, 0.4) is 0 Å². The topological polar surface area (TPSA) is 78.9 Å². The minimum atomic E-state index is -0.801. The zero-order valence-electron chi connectivity index (χ0n) is 47.8. The normalized spacial score (nSPS) is 13.1. The molecule has 0 saturated heterocycles. The molecule has 418 valence electrons. The summed E-state index contributed by atoms with van der Waals surface area (Å²) in [4.78, 5) is 38.1. The average Bonchev–Trinajstić information content (AvgIpc) is 3.40. The predicted octanol–water partition coefficient (Wildman–Crippen LogP) is 20.6. The minimum absolute atomic E-state index is 0.0959. The van der Waals surface area contributed by atoms with Crippen LogP contribution >= 0.6 is 0 Å². The fraction of sp³-hybridized carbons (Fsp3) is 0.632. The smallest absolute Gasteiger partial charge is 0.306 e. The Labute approximate surface area is 455 Å². The second kappa shape index (κ2) is 61.1. The van der Waals surface area contributed by atoms with Crippen LogP contribution in [-0.4, -0.2) is 37.2 Å². The van der Waals surface area contributed by atoms with Crippen molar-refractivity contribution in [3.05, 3.63) is 134 Å². The maximum atomic E-state index is 12.8. The number of carbonyl (C=O) groups excluding carboxylic acids is 3. The highest BCUT2D eigenvalue weighted by Crippen LogP contribution is 2.14. The van der Waals surface area contributed by atoms with Crippen LogP contribution < -0.4 is 0 Å². The molecule has 74 heavy (non-hydrogen) atoms. The lowest BCUT2D eigenvalue weighted by Crippen LogP contribution is -2.30. The lowest BCUT2D eigenvalue weighted by Gasteiger charge is -2.18. The first-order chi connectivity index (χ1) is 36.5. The molecule has 0 aliphatic heterocycles. The fourth-order valence-corrected chi connectivity index (χ4v) is 7.88. The monoisotopic (exact) mass is 1020 g/mol. The van der Waals surface area contributed by atoms with Gasteiger partial charge in [0.1, 0.15) is 13.2 Å². The van der Waals surface area contributed by atoms with Crippen molar-refractivity contribution in [2.24, 2.45) is 0 Å². The average molecular weight is 1020 g/mol. The van der Waals surface area contributed by atoms with Crippen LogP contribution in [0.5, 0.6) is 0 Å². The van der Waals surface area contributed by atoms with E-state index in [1.54, 1.807) is 0 Å². The zero-order valence-corrected chi connectivity index (χ0v) is 47.8. The van der Waals surface area contributed by atoms with Crippen LogP contribution in [-0.2, 0) is 28.6 Å². The van der Waals surface area contributed by atoms with Crippen LogP contribution in [0.25, 0.3) is 0 Å². The number of allylic oxidation sites excluding steroid dienone is 22. The molecule has 0 spiro atoms. The number of esters is 3. The quantitative estimate of drug-likeness (QED) is 0.0261. The Balaban J connectivity index is 4.34. The van der Waals surface area contributed by atoms with Crippen molar-refractivity contribution in [1.29, 1.82) is 0 Å². The van der Waals surface area contributed by atoms with Gasteiger partial charge in [-0.2, -0.15) is 0 Å². The van der Waals surface area contributed by atoms with Crippen LogP contribution in [0.15, 0.2) is 134 Å². The first kappa shape index (κ1) is 69.5. The van der Waals surface area contributed by atoms with Crippen LogP contribution in [0, 0.1) is 0 Å². The molecule has 1 atom stereocenters. The third-order valence-corrected chi connectivity index (χ3v) is 12.4. The molecule has 0 saturated carbocycles. The largest absolute Gasteiger partial charge is 0.462 e. The van der Waals surface area contributed by atoms with Gasteiger partial charge in [-0.15, -0.1) is 0 Å². The minimum Gasteiger partial charge on any atom is -0.462 e. The van der Waals surface area contributed by atoms with Crippen molar-refractivity contribution < 1.29 is 28.6 Å². The van der Waals surface area contributed by atoms with Crippen molar-refractivity contribution in [3.63, 3.8) is 0 Å². The second-order valence-electron chi connectivity index (χ2n) is 19.5. The Kier molecular flexibility index (Phi) is 57.4. The molecule has 1 unspecified atom stereocenters. The molecule has 0 rings (SSSR count). The highest BCUT2D eigenvalue weighted by Gasteiger charge is 2.19. The van der Waals surface area contributed by atoms with Crippen molar-refractivity contribution in [2.45, 2.75) is 264 Å². The number of ether oxygens (including phenoxy) is 3. The van der Waals surface area contributed by atoms with E-state index < -0.39 is 6.10 Å². The Morgan fingerprint density at radius 1 is 0.284 bits per heavy atom. The summed E-state index contributed by atoms with van der Waals surface area (Å²) in [5.41, 5.74) is 0. The molecule has 0 aliphatic carbocycles. The van der Waals surface area contributed by atoms with E-state index in [9.17, 15) is 14.4 Å². The Morgan fingerprint density at radius 3 is 0.892 bits per heavy atom. The molecule has 0 bridgehead atoms. The van der Waals surface area contributed by atoms with Gasteiger partial charge in [-0.25, -0.2) is 0 Å². The molecule has 0 aromatic rings. The van der Waals surface area contributed by atoms with Crippen molar-refractivity contribution in [2.75, 3.05) is 13.2 Å². The van der Waals surface area contributed by atoms with Gasteiger partial charge in [0, 0.05) is 19.3 Å². The number of hydrogen-bond donors (Lipinski definition) is 0. The molecular weight excluding hydrogens is 913 g/mol. The van der Waals surface area contributed by atoms with E-state index in [0.717, 1.165) is 154 Å². The van der Waals surface area contributed by atoms with Crippen molar-refractivity contribution >= 4 is 17.9 Å². The molecule has 0 heterocycles. The Morgan fingerprint density at radius 2 is 0.554 bits per heavy atom. The first-order valence-electron chi connectivity index (χ1n) is 30.2. The molecule has 0 aromatic heterocycles. The molecule has 6 nitrogen and oxygen atoms in total. The third kappa shape index (κ3) is 58.4. The van der Waals surface area contributed by atoms with E-state index >= 15 is 0 Å². The van der Waals surface area contributed by atoms with Crippen molar-refractivity contribution in [1.82, 2.24) is 0 Å². The SMILES string of the molecule is CC/C=C\C/C=C\C/C=C\C/C=C\C/C=C\C/C=C\C/C=C\C/C=C\C/C=C\CCCCCC(=O)OCC(COC(=O)CCCCCCCCCCCCCC)OC(=O)CCCCCCC/C=C\C/C=C\CCC. The molecule has 0 fully saturated rings. The summed E-state index contributed by atoms with van der Waals surface area (Å²) in [6.45, 7) is 6.41. The summed E-state index contributed by atoms with van der Waals surface area (Å²) in [5, 5.41) is 0. The maximum Gasteiger partial charge on any atom is 0.306 e. The molecule has 0 N–H and O–H groups in total. The summed E-state index contributed by atoms with van der Waals surface area (Å²) in [5.74, 6) is -0.947. The standard InChI is InChI=1S/C68H110O6/c1-4-7-10-13-16-19-22-25-26-27-28-29-30-31-32-33-34-35-36-37-38-39-40-41-42-44-46-49-52-55-58-61-67(70)73-64-65(63-72-66(69)60-57-54-51-48-45-24-21-18-15-12-9-6-3)74-68(71)62-59-56-53-50-47-43-23-20-17-14-11-8-5-2/h7,10-11,14,16,19-20,23,25-26,28-29,31-32,34-35,37-38,40-41,44,46,65H,4-6,8-9,12-13,15,17-18,21-22,24,27,30,33,36,39,42-43,45,47-64H2,1-3H3/b10-7-,14-11-,19-16-,23-20-,26-25-,29-28-,32-31-,35-34-,38-37-,41-40-,46-44-. The van der Waals surface area contributed by atoms with Gasteiger partial charge in [-0.3, -0.25) is 14.4 Å². The third-order valence-electron chi connectivity index (χ3n) is 12.4. The summed E-state index contributed by atoms with van der Waals surface area (Å²) >= 11 is 0. The summed E-state index contributed by atoms with van der Waals surface area (Å²) in [7, 11) is 0. The van der Waals surface area contributed by atoms with E-state index in [-0.39, 0.29) is 31.1 Å². The highest BCUT2D eigenvalue weighted by atomic mass is 16.6. The Hall–Kier alpha value is -4.45. The molecule has 0 radical (unpaired) electrons. The number of rotatable bonds is 53. The summed E-state index contributed by atoms with van der Waals surface area (Å²) in [6, 6.07) is 0. The maximum absolute atomic E-state index is 12.8. The van der Waals surface area contributed by atoms with Crippen LogP contribution in [0.1, 0.15) is 258 Å². The first-order valence-corrected chi connectivity index (χ1v) is 30.2. The summed E-state index contributed by atoms with van der Waals surface area (Å²) < 4.78 is 16.8. The van der Waals surface area contributed by atoms with Gasteiger partial charge in [0.2, 0.25) is 0 Å². The van der Waals surface area contributed by atoms with E-state index in [1.165, 1.54) is 64.2 Å². The molecule has 0 aliphatic rings. The number of hydrogen-bond acceptors (Lipinski definition) is 6. The summed E-state index contributed by atoms with van der Waals surface area (Å²) in [6.07, 6.45) is 86.0. The van der Waals surface area contributed by atoms with Crippen LogP contribution in [0.4, 0.5) is 0 Å². The van der Waals surface area contributed by atoms with E-state index in [2.05, 4.69) is 154 Å². The van der Waals surface area contributed by atoms with Gasteiger partial charge in [-0.1, -0.05) is 257 Å². The fourth-order valence-electron chi connectivity index (χ4n) is 7.88. The van der Waals surface area contributed by atoms with Crippen LogP contribution in [0.2, 0.25) is 0 Å². The van der Waals surface area contributed by atoms with Gasteiger partial charge in [0.25, 0.3) is 0 Å². The van der Waals surface area contributed by atoms with Gasteiger partial charge in [0.15, 0.2) is 6.10 Å². The lowest BCUT2D eigenvalue weighted by atomic mass is 10.0. The van der Waals surface area contributed by atoms with E-state index in [1.807, 2.05) is 0 Å². The molecule has 6 heteroatoms. The van der Waals surface area contributed by atoms with Gasteiger partial charge in [-0.05, 0) is 116 Å². The highest BCUT2D eigenvalue weighted by molar-refractivity contribution is 5.71. The predicted molar refractivity (Wildman–Crippen MR) is 320 cm³/mol. The molecular formula is C68H110O6. The molecule has 0 aromatic carbocycles.